The molecule has 20 heavy (non-hydrogen) atoms. The number of hydrogen-bond donors (Lipinski definition) is 2. The predicted molar refractivity (Wildman–Crippen MR) is 75.3 cm³/mol. The maximum atomic E-state index is 12.9. The Labute approximate surface area is 121 Å². The zero-order valence-electron chi connectivity index (χ0n) is 11.4. The summed E-state index contributed by atoms with van der Waals surface area (Å²) in [4.78, 5) is 23.3. The quantitative estimate of drug-likeness (QED) is 0.842. The highest BCUT2D eigenvalue weighted by atomic mass is 35.5. The first kappa shape index (κ1) is 16.4. The summed E-state index contributed by atoms with van der Waals surface area (Å²) < 4.78 is 12.9. The highest BCUT2D eigenvalue weighted by molar-refractivity contribution is 6.33. The summed E-state index contributed by atoms with van der Waals surface area (Å²) in [6, 6.07) is 3.60. The first-order chi connectivity index (χ1) is 9.34. The molecule has 6 heteroatoms. The fraction of sp³-hybridized carbons (Fsp3) is 0.429. The van der Waals surface area contributed by atoms with E-state index in [2.05, 4.69) is 5.32 Å². The summed E-state index contributed by atoms with van der Waals surface area (Å²) in [7, 11) is 0. The second-order valence-corrected chi connectivity index (χ2v) is 5.05. The maximum Gasteiger partial charge on any atom is 0.310 e. The van der Waals surface area contributed by atoms with Gasteiger partial charge in [0.25, 0.3) is 0 Å². The average molecular weight is 302 g/mol. The van der Waals surface area contributed by atoms with Crippen LogP contribution in [0.15, 0.2) is 18.2 Å². The van der Waals surface area contributed by atoms with Crippen LogP contribution in [-0.4, -0.2) is 17.0 Å². The molecule has 0 unspecified atom stereocenters. The Kier molecular flexibility index (Phi) is 5.51. The Morgan fingerprint density at radius 2 is 1.95 bits per heavy atom. The first-order valence-corrected chi connectivity index (χ1v) is 6.70. The Hall–Kier alpha value is -1.62. The molecule has 110 valence electrons. The number of nitrogens with one attached hydrogen (secondary N) is 1. The van der Waals surface area contributed by atoms with Crippen LogP contribution < -0.4 is 5.32 Å². The van der Waals surface area contributed by atoms with Crippen molar-refractivity contribution in [1.29, 1.82) is 0 Å². The van der Waals surface area contributed by atoms with E-state index in [1.54, 1.807) is 13.8 Å². The molecule has 0 atom stereocenters. The number of carbonyl (C=O) groups is 2. The van der Waals surface area contributed by atoms with E-state index in [0.717, 1.165) is 6.07 Å². The molecule has 0 aliphatic rings. The Balaban J connectivity index is 2.83. The first-order valence-electron chi connectivity index (χ1n) is 6.33. The van der Waals surface area contributed by atoms with Crippen molar-refractivity contribution in [1.82, 2.24) is 0 Å². The number of carboxylic acid groups (broad SMARTS) is 1. The van der Waals surface area contributed by atoms with Gasteiger partial charge in [-0.05, 0) is 31.0 Å². The Bertz CT molecular complexity index is 515. The number of aliphatic carboxylic acids is 1. The SMILES string of the molecule is CCC(CC)(CC(=O)Nc1ccc(F)cc1Cl)C(=O)O. The summed E-state index contributed by atoms with van der Waals surface area (Å²) in [6.45, 7) is 3.46. The van der Waals surface area contributed by atoms with Crippen molar-refractivity contribution in [2.45, 2.75) is 33.1 Å². The minimum atomic E-state index is -1.09. The fourth-order valence-electron chi connectivity index (χ4n) is 1.97. The molecule has 0 saturated heterocycles. The molecule has 1 rings (SSSR count). The topological polar surface area (TPSA) is 66.4 Å². The Morgan fingerprint density at radius 3 is 2.40 bits per heavy atom. The summed E-state index contributed by atoms with van der Waals surface area (Å²) in [6.07, 6.45) is 0.551. The van der Waals surface area contributed by atoms with E-state index in [1.165, 1.54) is 12.1 Å². The van der Waals surface area contributed by atoms with Gasteiger partial charge in [0.1, 0.15) is 5.82 Å². The van der Waals surface area contributed by atoms with E-state index in [0.29, 0.717) is 12.8 Å². The predicted octanol–water partition coefficient (Wildman–Crippen LogP) is 3.70. The standard InChI is InChI=1S/C14H17ClFNO3/c1-3-14(4-2,13(19)20)8-12(18)17-11-6-5-9(16)7-10(11)15/h5-7H,3-4,8H2,1-2H3,(H,17,18)(H,19,20). The van der Waals surface area contributed by atoms with Gasteiger partial charge in [-0.2, -0.15) is 0 Å². The molecular formula is C14H17ClFNO3. The number of carbonyl (C=O) groups excluding carboxylic acids is 1. The lowest BCUT2D eigenvalue weighted by atomic mass is 9.79. The molecule has 0 bridgehead atoms. The molecule has 1 amide bonds. The number of benzene rings is 1. The van der Waals surface area contributed by atoms with Crippen LogP contribution in [0.25, 0.3) is 0 Å². The number of halogens is 2. The van der Waals surface area contributed by atoms with Gasteiger partial charge in [0.15, 0.2) is 0 Å². The number of hydrogen-bond acceptors (Lipinski definition) is 2. The highest BCUT2D eigenvalue weighted by Crippen LogP contribution is 2.32. The van der Waals surface area contributed by atoms with Crippen molar-refractivity contribution in [3.05, 3.63) is 29.0 Å². The van der Waals surface area contributed by atoms with Gasteiger partial charge in [-0.3, -0.25) is 9.59 Å². The molecule has 4 nitrogen and oxygen atoms in total. The molecule has 0 aliphatic heterocycles. The van der Waals surface area contributed by atoms with E-state index >= 15 is 0 Å². The lowest BCUT2D eigenvalue weighted by Crippen LogP contribution is -2.34. The molecule has 0 heterocycles. The third kappa shape index (κ3) is 3.70. The summed E-state index contributed by atoms with van der Waals surface area (Å²) >= 11 is 5.80. The molecule has 0 spiro atoms. The average Bonchev–Trinajstić information content (AvgIpc) is 2.39. The molecule has 0 radical (unpaired) electrons. The fourth-order valence-corrected chi connectivity index (χ4v) is 2.19. The maximum absolute atomic E-state index is 12.9. The molecule has 0 aromatic heterocycles. The van der Waals surface area contributed by atoms with Crippen LogP contribution in [0.3, 0.4) is 0 Å². The Morgan fingerprint density at radius 1 is 1.35 bits per heavy atom. The van der Waals surface area contributed by atoms with Crippen molar-refractivity contribution in [3.8, 4) is 0 Å². The van der Waals surface area contributed by atoms with E-state index in [4.69, 9.17) is 11.6 Å². The monoisotopic (exact) mass is 301 g/mol. The molecule has 0 fully saturated rings. The summed E-state index contributed by atoms with van der Waals surface area (Å²) in [5, 5.41) is 11.9. The summed E-state index contributed by atoms with van der Waals surface area (Å²) in [5.74, 6) is -1.96. The van der Waals surface area contributed by atoms with E-state index in [9.17, 15) is 19.1 Å². The number of carboxylic acids is 1. The molecule has 1 aromatic carbocycles. The minimum absolute atomic E-state index is 0.0762. The van der Waals surface area contributed by atoms with Crippen LogP contribution in [0.1, 0.15) is 33.1 Å². The van der Waals surface area contributed by atoms with Crippen molar-refractivity contribution < 1.29 is 19.1 Å². The van der Waals surface area contributed by atoms with Crippen molar-refractivity contribution in [3.63, 3.8) is 0 Å². The molecule has 0 saturated carbocycles. The van der Waals surface area contributed by atoms with Crippen LogP contribution in [0.4, 0.5) is 10.1 Å². The third-order valence-corrected chi connectivity index (χ3v) is 3.82. The van der Waals surface area contributed by atoms with Gasteiger partial charge in [-0.25, -0.2) is 4.39 Å². The third-order valence-electron chi connectivity index (χ3n) is 3.51. The van der Waals surface area contributed by atoms with Crippen molar-refractivity contribution in [2.24, 2.45) is 5.41 Å². The van der Waals surface area contributed by atoms with Gasteiger partial charge in [0.2, 0.25) is 5.91 Å². The van der Waals surface area contributed by atoms with Crippen LogP contribution in [-0.2, 0) is 9.59 Å². The minimum Gasteiger partial charge on any atom is -0.481 e. The largest absolute Gasteiger partial charge is 0.481 e. The molecule has 1 aromatic rings. The van der Waals surface area contributed by atoms with Gasteiger partial charge >= 0.3 is 5.97 Å². The highest BCUT2D eigenvalue weighted by Gasteiger charge is 2.37. The zero-order valence-corrected chi connectivity index (χ0v) is 12.1. The van der Waals surface area contributed by atoms with Gasteiger partial charge < -0.3 is 10.4 Å². The van der Waals surface area contributed by atoms with E-state index in [1.807, 2.05) is 0 Å². The number of amides is 1. The van der Waals surface area contributed by atoms with Crippen LogP contribution in [0.5, 0.6) is 0 Å². The second kappa shape index (κ2) is 6.70. The van der Waals surface area contributed by atoms with E-state index < -0.39 is 23.1 Å². The smallest absolute Gasteiger partial charge is 0.310 e. The van der Waals surface area contributed by atoms with Gasteiger partial charge in [-0.1, -0.05) is 25.4 Å². The van der Waals surface area contributed by atoms with Crippen LogP contribution in [0, 0.1) is 11.2 Å². The molecule has 2 N–H and O–H groups in total. The number of rotatable bonds is 6. The number of anilines is 1. The van der Waals surface area contributed by atoms with Crippen molar-refractivity contribution >= 4 is 29.2 Å². The second-order valence-electron chi connectivity index (χ2n) is 4.64. The van der Waals surface area contributed by atoms with Gasteiger partial charge in [0, 0.05) is 6.42 Å². The zero-order chi connectivity index (χ0) is 15.3. The lowest BCUT2D eigenvalue weighted by Gasteiger charge is -2.25. The van der Waals surface area contributed by atoms with Crippen LogP contribution in [0.2, 0.25) is 5.02 Å². The lowest BCUT2D eigenvalue weighted by molar-refractivity contribution is -0.151. The van der Waals surface area contributed by atoms with E-state index in [-0.39, 0.29) is 17.1 Å². The van der Waals surface area contributed by atoms with Crippen molar-refractivity contribution in [2.75, 3.05) is 5.32 Å². The molecular weight excluding hydrogens is 285 g/mol. The molecule has 0 aliphatic carbocycles. The van der Waals surface area contributed by atoms with Gasteiger partial charge in [-0.15, -0.1) is 0 Å². The normalized spacial score (nSPS) is 11.2. The van der Waals surface area contributed by atoms with Crippen LogP contribution >= 0.6 is 11.6 Å². The summed E-state index contributed by atoms with van der Waals surface area (Å²) in [5.41, 5.74) is -0.819. The van der Waals surface area contributed by atoms with Gasteiger partial charge in [0.05, 0.1) is 16.1 Å².